The Bertz CT molecular complexity index is 608. The Labute approximate surface area is 148 Å². The summed E-state index contributed by atoms with van der Waals surface area (Å²) in [4.78, 5) is 25.1. The van der Waals surface area contributed by atoms with E-state index in [4.69, 9.17) is 14.6 Å². The summed E-state index contributed by atoms with van der Waals surface area (Å²) in [7, 11) is 1.55. The van der Waals surface area contributed by atoms with Crippen LogP contribution in [0, 0.1) is 0 Å². The number of hydrogen-bond donors (Lipinski definition) is 1. The molecule has 0 atom stereocenters. The van der Waals surface area contributed by atoms with Crippen molar-refractivity contribution >= 4 is 11.9 Å². The number of carboxylic acids is 1. The minimum Gasteiger partial charge on any atom is -0.493 e. The van der Waals surface area contributed by atoms with Crippen LogP contribution in [0.15, 0.2) is 18.2 Å². The first-order chi connectivity index (χ1) is 11.9. The largest absolute Gasteiger partial charge is 0.493 e. The van der Waals surface area contributed by atoms with Crippen molar-refractivity contribution in [3.63, 3.8) is 0 Å². The Balaban J connectivity index is 2.16. The maximum Gasteiger partial charge on any atom is 0.305 e. The van der Waals surface area contributed by atoms with Crippen LogP contribution < -0.4 is 9.47 Å². The van der Waals surface area contributed by atoms with Crippen molar-refractivity contribution in [2.24, 2.45) is 0 Å². The molecular weight excluding hydrogens is 322 g/mol. The van der Waals surface area contributed by atoms with E-state index in [0.29, 0.717) is 17.1 Å². The third-order valence-electron chi connectivity index (χ3n) is 4.46. The van der Waals surface area contributed by atoms with Gasteiger partial charge in [-0.05, 0) is 57.7 Å². The number of rotatable bonds is 8. The molecule has 1 aliphatic rings. The van der Waals surface area contributed by atoms with Crippen LogP contribution in [0.3, 0.4) is 0 Å². The van der Waals surface area contributed by atoms with Gasteiger partial charge in [0.15, 0.2) is 11.5 Å². The van der Waals surface area contributed by atoms with Crippen LogP contribution in [0.25, 0.3) is 0 Å². The van der Waals surface area contributed by atoms with Crippen molar-refractivity contribution in [2.45, 2.75) is 58.1 Å². The molecule has 0 bridgehead atoms. The Morgan fingerprint density at radius 1 is 1.24 bits per heavy atom. The molecule has 1 aliphatic carbocycles. The Hall–Kier alpha value is -2.24. The third kappa shape index (κ3) is 5.11. The molecule has 0 saturated heterocycles. The van der Waals surface area contributed by atoms with Crippen molar-refractivity contribution in [3.05, 3.63) is 23.8 Å². The molecule has 0 aliphatic heterocycles. The van der Waals surface area contributed by atoms with Crippen molar-refractivity contribution in [1.82, 2.24) is 4.90 Å². The molecule has 0 heterocycles. The second-order valence-electron chi connectivity index (χ2n) is 6.63. The number of nitrogens with zero attached hydrogens (tertiary/aromatic N) is 1. The number of carbonyl (C=O) groups is 2. The smallest absolute Gasteiger partial charge is 0.305 e. The van der Waals surface area contributed by atoms with Gasteiger partial charge in [0, 0.05) is 18.2 Å². The monoisotopic (exact) mass is 349 g/mol. The third-order valence-corrected chi connectivity index (χ3v) is 4.46. The molecule has 0 unspecified atom stereocenters. The van der Waals surface area contributed by atoms with Gasteiger partial charge < -0.3 is 19.5 Å². The fraction of sp³-hybridized carbons (Fsp3) is 0.579. The van der Waals surface area contributed by atoms with Crippen LogP contribution in [0.2, 0.25) is 0 Å². The summed E-state index contributed by atoms with van der Waals surface area (Å²) in [5, 5.41) is 8.88. The van der Waals surface area contributed by atoms with Gasteiger partial charge in [0.1, 0.15) is 0 Å². The molecule has 1 saturated carbocycles. The molecule has 0 aromatic heterocycles. The maximum atomic E-state index is 12.8. The molecule has 0 spiro atoms. The van der Waals surface area contributed by atoms with Gasteiger partial charge >= 0.3 is 5.97 Å². The first kappa shape index (κ1) is 19.1. The Morgan fingerprint density at radius 3 is 2.48 bits per heavy atom. The number of ether oxygens (including phenoxy) is 2. The van der Waals surface area contributed by atoms with Gasteiger partial charge in [0.05, 0.1) is 19.6 Å². The van der Waals surface area contributed by atoms with E-state index in [1.54, 1.807) is 30.2 Å². The van der Waals surface area contributed by atoms with Crippen molar-refractivity contribution in [1.29, 1.82) is 0 Å². The topological polar surface area (TPSA) is 76.1 Å². The highest BCUT2D eigenvalue weighted by Crippen LogP contribution is 2.32. The van der Waals surface area contributed by atoms with Crippen LogP contribution in [0.4, 0.5) is 0 Å². The molecule has 1 fully saturated rings. The Kier molecular flexibility index (Phi) is 6.67. The van der Waals surface area contributed by atoms with Crippen LogP contribution in [-0.2, 0) is 4.79 Å². The average molecular weight is 349 g/mol. The molecule has 0 radical (unpaired) electrons. The maximum absolute atomic E-state index is 12.8. The lowest BCUT2D eigenvalue weighted by Gasteiger charge is -2.26. The highest BCUT2D eigenvalue weighted by Gasteiger charge is 2.22. The van der Waals surface area contributed by atoms with E-state index >= 15 is 0 Å². The molecule has 6 heteroatoms. The van der Waals surface area contributed by atoms with Crippen LogP contribution >= 0.6 is 0 Å². The van der Waals surface area contributed by atoms with Gasteiger partial charge in [-0.25, -0.2) is 0 Å². The van der Waals surface area contributed by atoms with E-state index in [9.17, 15) is 9.59 Å². The predicted octanol–water partition coefficient (Wildman–Crippen LogP) is 3.34. The number of hydrogen-bond acceptors (Lipinski definition) is 4. The SMILES string of the molecule is COc1cc(C(=O)N(CCC(=O)O)C(C)C)ccc1OC1CCCC1. The number of amides is 1. The first-order valence-corrected chi connectivity index (χ1v) is 8.79. The van der Waals surface area contributed by atoms with Crippen LogP contribution in [-0.4, -0.2) is 47.7 Å². The van der Waals surface area contributed by atoms with Crippen LogP contribution in [0.1, 0.15) is 56.3 Å². The standard InChI is InChI=1S/C19H27NO5/c1-13(2)20(11-10-18(21)22)19(23)14-8-9-16(17(12-14)24-3)25-15-6-4-5-7-15/h8-9,12-13,15H,4-7,10-11H2,1-3H3,(H,21,22). The molecule has 1 amide bonds. The van der Waals surface area contributed by atoms with Gasteiger partial charge in [0.25, 0.3) is 5.91 Å². The summed E-state index contributed by atoms with van der Waals surface area (Å²) >= 11 is 0. The summed E-state index contributed by atoms with van der Waals surface area (Å²) in [5.74, 6) is 0.0468. The number of carbonyl (C=O) groups excluding carboxylic acids is 1. The lowest BCUT2D eigenvalue weighted by molar-refractivity contribution is -0.137. The van der Waals surface area contributed by atoms with Gasteiger partial charge in [-0.2, -0.15) is 0 Å². The summed E-state index contributed by atoms with van der Waals surface area (Å²) in [5.41, 5.74) is 0.467. The molecule has 1 N–H and O–H groups in total. The molecule has 2 rings (SSSR count). The zero-order chi connectivity index (χ0) is 18.4. The second-order valence-corrected chi connectivity index (χ2v) is 6.63. The van der Waals surface area contributed by atoms with E-state index in [-0.39, 0.29) is 31.0 Å². The number of benzene rings is 1. The molecule has 1 aromatic rings. The first-order valence-electron chi connectivity index (χ1n) is 8.79. The number of carboxylic acid groups (broad SMARTS) is 1. The number of methoxy groups -OCH3 is 1. The second kappa shape index (κ2) is 8.74. The minimum absolute atomic E-state index is 0.0794. The predicted molar refractivity (Wildman–Crippen MR) is 94.3 cm³/mol. The fourth-order valence-electron chi connectivity index (χ4n) is 3.06. The van der Waals surface area contributed by atoms with Crippen molar-refractivity contribution in [3.8, 4) is 11.5 Å². The normalized spacial score (nSPS) is 14.6. The van der Waals surface area contributed by atoms with E-state index in [2.05, 4.69) is 0 Å². The summed E-state index contributed by atoms with van der Waals surface area (Å²) < 4.78 is 11.4. The molecular formula is C19H27NO5. The van der Waals surface area contributed by atoms with Crippen molar-refractivity contribution in [2.75, 3.05) is 13.7 Å². The van der Waals surface area contributed by atoms with Gasteiger partial charge in [-0.3, -0.25) is 9.59 Å². The van der Waals surface area contributed by atoms with Gasteiger partial charge in [0.2, 0.25) is 0 Å². The van der Waals surface area contributed by atoms with Crippen molar-refractivity contribution < 1.29 is 24.2 Å². The summed E-state index contributed by atoms with van der Waals surface area (Å²) in [6, 6.07) is 5.06. The van der Waals surface area contributed by atoms with E-state index in [0.717, 1.165) is 12.8 Å². The molecule has 138 valence electrons. The Morgan fingerprint density at radius 2 is 1.92 bits per heavy atom. The van der Waals surface area contributed by atoms with E-state index < -0.39 is 5.97 Å². The van der Waals surface area contributed by atoms with E-state index in [1.807, 2.05) is 13.8 Å². The molecule has 6 nitrogen and oxygen atoms in total. The lowest BCUT2D eigenvalue weighted by Crippen LogP contribution is -2.38. The van der Waals surface area contributed by atoms with Gasteiger partial charge in [-0.15, -0.1) is 0 Å². The van der Waals surface area contributed by atoms with E-state index in [1.165, 1.54) is 12.8 Å². The fourth-order valence-corrected chi connectivity index (χ4v) is 3.06. The summed E-state index contributed by atoms with van der Waals surface area (Å²) in [6.07, 6.45) is 4.56. The minimum atomic E-state index is -0.920. The average Bonchev–Trinajstić information content (AvgIpc) is 3.07. The summed E-state index contributed by atoms with van der Waals surface area (Å²) in [6.45, 7) is 3.91. The zero-order valence-electron chi connectivity index (χ0n) is 15.2. The lowest BCUT2D eigenvalue weighted by atomic mass is 10.1. The van der Waals surface area contributed by atoms with Crippen LogP contribution in [0.5, 0.6) is 11.5 Å². The molecule has 1 aromatic carbocycles. The zero-order valence-corrected chi connectivity index (χ0v) is 15.2. The number of aliphatic carboxylic acids is 1. The highest BCUT2D eigenvalue weighted by atomic mass is 16.5. The molecule has 25 heavy (non-hydrogen) atoms. The highest BCUT2D eigenvalue weighted by molar-refractivity contribution is 5.95. The quantitative estimate of drug-likeness (QED) is 0.779. The van der Waals surface area contributed by atoms with Gasteiger partial charge in [-0.1, -0.05) is 0 Å².